The Hall–Kier alpha value is -2.28. The van der Waals surface area contributed by atoms with Crippen LogP contribution in [0.4, 0.5) is 8.78 Å². The zero-order valence-corrected chi connectivity index (χ0v) is 11.7. The van der Waals surface area contributed by atoms with Crippen molar-refractivity contribution in [2.24, 2.45) is 0 Å². The summed E-state index contributed by atoms with van der Waals surface area (Å²) < 4.78 is 30.5. The summed E-state index contributed by atoms with van der Waals surface area (Å²) in [5, 5.41) is 2.80. The number of nitrogens with one attached hydrogen (secondary N) is 1. The molecule has 1 atom stereocenters. The minimum atomic E-state index is -2.72. The molecule has 1 aromatic heterocycles. The van der Waals surface area contributed by atoms with Crippen LogP contribution in [-0.2, 0) is 11.3 Å². The first kappa shape index (κ1) is 14.6. The topological polar surface area (TPSA) is 58.4 Å². The second-order valence-electron chi connectivity index (χ2n) is 5.10. The number of hydrogen-bond acceptors (Lipinski definition) is 4. The second-order valence-corrected chi connectivity index (χ2v) is 5.10. The summed E-state index contributed by atoms with van der Waals surface area (Å²) in [5.74, 6) is -0.563. The zero-order valence-electron chi connectivity index (χ0n) is 11.7. The minimum Gasteiger partial charge on any atom is -0.442 e. The second kappa shape index (κ2) is 6.23. The summed E-state index contributed by atoms with van der Waals surface area (Å²) in [6.45, 7) is 0.711. The molecule has 2 heterocycles. The van der Waals surface area contributed by atoms with Crippen LogP contribution in [0.5, 0.6) is 0 Å². The monoisotopic (exact) mass is 307 g/mol. The van der Waals surface area contributed by atoms with Crippen LogP contribution in [0, 0.1) is 0 Å². The van der Waals surface area contributed by atoms with Crippen molar-refractivity contribution in [2.45, 2.75) is 19.0 Å². The lowest BCUT2D eigenvalue weighted by Crippen LogP contribution is -2.49. The van der Waals surface area contributed by atoms with Gasteiger partial charge in [-0.15, -0.1) is 0 Å². The highest BCUT2D eigenvalue weighted by Gasteiger charge is 2.30. The Morgan fingerprint density at radius 2 is 2.14 bits per heavy atom. The van der Waals surface area contributed by atoms with E-state index in [1.807, 2.05) is 35.2 Å². The molecule has 7 heteroatoms. The Labute approximate surface area is 125 Å². The molecule has 1 aliphatic heterocycles. The summed E-state index contributed by atoms with van der Waals surface area (Å²) in [4.78, 5) is 17.3. The van der Waals surface area contributed by atoms with Crippen LogP contribution in [0.25, 0.3) is 0 Å². The van der Waals surface area contributed by atoms with Crippen molar-refractivity contribution in [3.63, 3.8) is 0 Å². The third-order valence-electron chi connectivity index (χ3n) is 3.69. The lowest BCUT2D eigenvalue weighted by molar-refractivity contribution is -0.125. The van der Waals surface area contributed by atoms with Gasteiger partial charge in [-0.2, -0.15) is 0 Å². The summed E-state index contributed by atoms with van der Waals surface area (Å²) in [7, 11) is 0. The number of amides is 1. The smallest absolute Gasteiger partial charge is 0.297 e. The van der Waals surface area contributed by atoms with Crippen molar-refractivity contribution in [1.82, 2.24) is 15.2 Å². The fourth-order valence-electron chi connectivity index (χ4n) is 2.63. The van der Waals surface area contributed by atoms with Gasteiger partial charge in [-0.3, -0.25) is 9.69 Å². The van der Waals surface area contributed by atoms with Crippen LogP contribution in [0.15, 0.2) is 41.1 Å². The summed E-state index contributed by atoms with van der Waals surface area (Å²) in [6.07, 6.45) is -1.70. The molecule has 22 heavy (non-hydrogen) atoms. The number of carbonyl (C=O) groups is 1. The fourth-order valence-corrected chi connectivity index (χ4v) is 2.63. The maximum absolute atomic E-state index is 12.9. The first-order valence-corrected chi connectivity index (χ1v) is 6.91. The molecular formula is C15H15F2N3O2. The first-order chi connectivity index (χ1) is 10.6. The number of halogens is 2. The van der Waals surface area contributed by atoms with Gasteiger partial charge in [-0.25, -0.2) is 13.8 Å². The number of alkyl halides is 2. The third-order valence-corrected chi connectivity index (χ3v) is 3.69. The molecule has 3 rings (SSSR count). The number of nitrogens with zero attached hydrogens (tertiary/aromatic N) is 2. The van der Waals surface area contributed by atoms with Gasteiger partial charge in [0.2, 0.25) is 5.91 Å². The highest BCUT2D eigenvalue weighted by atomic mass is 19.3. The molecule has 1 unspecified atom stereocenters. The van der Waals surface area contributed by atoms with Gasteiger partial charge < -0.3 is 9.73 Å². The largest absolute Gasteiger partial charge is 0.442 e. The predicted octanol–water partition coefficient (Wildman–Crippen LogP) is 2.29. The van der Waals surface area contributed by atoms with Gasteiger partial charge in [-0.1, -0.05) is 30.3 Å². The Morgan fingerprint density at radius 1 is 1.36 bits per heavy atom. The molecule has 1 aliphatic rings. The van der Waals surface area contributed by atoms with Gasteiger partial charge >= 0.3 is 0 Å². The zero-order chi connectivity index (χ0) is 15.5. The average Bonchev–Trinajstić information content (AvgIpc) is 2.97. The lowest BCUT2D eigenvalue weighted by atomic mass is 10.0. The molecule has 0 spiro atoms. The van der Waals surface area contributed by atoms with Gasteiger partial charge in [0.25, 0.3) is 6.43 Å². The van der Waals surface area contributed by atoms with Gasteiger partial charge in [0.15, 0.2) is 12.2 Å². The number of benzene rings is 1. The van der Waals surface area contributed by atoms with E-state index >= 15 is 0 Å². The van der Waals surface area contributed by atoms with Crippen molar-refractivity contribution in [3.05, 3.63) is 53.7 Å². The van der Waals surface area contributed by atoms with Crippen LogP contribution < -0.4 is 5.32 Å². The van der Waals surface area contributed by atoms with Crippen molar-refractivity contribution >= 4 is 5.91 Å². The van der Waals surface area contributed by atoms with Crippen LogP contribution in [0.2, 0.25) is 0 Å². The molecule has 1 aromatic carbocycles. The van der Waals surface area contributed by atoms with Crippen LogP contribution in [-0.4, -0.2) is 28.9 Å². The maximum Gasteiger partial charge on any atom is 0.297 e. The normalized spacial score (nSPS) is 19.4. The Bertz CT molecular complexity index is 645. The Kier molecular flexibility index (Phi) is 4.15. The van der Waals surface area contributed by atoms with Crippen molar-refractivity contribution in [3.8, 4) is 0 Å². The average molecular weight is 307 g/mol. The molecule has 1 amide bonds. The van der Waals surface area contributed by atoms with Gasteiger partial charge in [0, 0.05) is 13.1 Å². The van der Waals surface area contributed by atoms with Gasteiger partial charge in [0.1, 0.15) is 5.69 Å². The van der Waals surface area contributed by atoms with E-state index in [1.54, 1.807) is 0 Å². The molecule has 1 fully saturated rings. The highest BCUT2D eigenvalue weighted by Crippen LogP contribution is 2.28. The van der Waals surface area contributed by atoms with Crippen molar-refractivity contribution in [1.29, 1.82) is 0 Å². The summed E-state index contributed by atoms with van der Waals surface area (Å²) >= 11 is 0. The molecule has 0 radical (unpaired) electrons. The molecular weight excluding hydrogens is 292 g/mol. The van der Waals surface area contributed by atoms with Gasteiger partial charge in [-0.05, 0) is 5.56 Å². The van der Waals surface area contributed by atoms with E-state index in [1.165, 1.54) is 0 Å². The number of carbonyl (C=O) groups excluding carboxylic acids is 1. The third kappa shape index (κ3) is 2.99. The lowest BCUT2D eigenvalue weighted by Gasteiger charge is -2.35. The van der Waals surface area contributed by atoms with E-state index in [9.17, 15) is 13.6 Å². The predicted molar refractivity (Wildman–Crippen MR) is 74.1 cm³/mol. The Morgan fingerprint density at radius 3 is 2.86 bits per heavy atom. The van der Waals surface area contributed by atoms with Crippen LogP contribution in [0.3, 0.4) is 0 Å². The van der Waals surface area contributed by atoms with E-state index < -0.39 is 12.2 Å². The van der Waals surface area contributed by atoms with Gasteiger partial charge in [0.05, 0.1) is 12.6 Å². The molecule has 0 aliphatic carbocycles. The highest BCUT2D eigenvalue weighted by molar-refractivity contribution is 5.79. The van der Waals surface area contributed by atoms with E-state index in [0.29, 0.717) is 6.54 Å². The number of hydrogen-bond donors (Lipinski definition) is 1. The Balaban J connectivity index is 1.84. The van der Waals surface area contributed by atoms with E-state index in [2.05, 4.69) is 10.3 Å². The van der Waals surface area contributed by atoms with Crippen LogP contribution >= 0.6 is 0 Å². The van der Waals surface area contributed by atoms with E-state index in [0.717, 1.165) is 12.0 Å². The number of piperazine rings is 1. The first-order valence-electron chi connectivity index (χ1n) is 6.91. The maximum atomic E-state index is 12.9. The fraction of sp³-hybridized carbons (Fsp3) is 0.333. The van der Waals surface area contributed by atoms with E-state index in [-0.39, 0.29) is 30.7 Å². The van der Waals surface area contributed by atoms with E-state index in [4.69, 9.17) is 4.42 Å². The number of oxazole rings is 1. The molecule has 1 saturated heterocycles. The number of aromatic nitrogens is 1. The molecule has 0 bridgehead atoms. The molecule has 116 valence electrons. The van der Waals surface area contributed by atoms with Crippen molar-refractivity contribution in [2.75, 3.05) is 13.1 Å². The number of rotatable bonds is 4. The molecule has 0 saturated carbocycles. The molecule has 5 nitrogen and oxygen atoms in total. The quantitative estimate of drug-likeness (QED) is 0.941. The standard InChI is InChI=1S/C15H15F2N3O2/c16-15(17)14-11(19-9-22-14)7-20-8-13(21)18-6-12(20)10-4-2-1-3-5-10/h1-5,9,12,15H,6-8H2,(H,18,21). The summed E-state index contributed by atoms with van der Waals surface area (Å²) in [5.41, 5.74) is 1.19. The van der Waals surface area contributed by atoms with Crippen LogP contribution in [0.1, 0.15) is 29.5 Å². The SMILES string of the molecule is O=C1CN(Cc2ncoc2C(F)F)C(c2ccccc2)CN1. The molecule has 2 aromatic rings. The minimum absolute atomic E-state index is 0.0823. The molecule has 1 N–H and O–H groups in total. The van der Waals surface area contributed by atoms with Crippen molar-refractivity contribution < 1.29 is 18.0 Å². The summed E-state index contributed by atoms with van der Waals surface area (Å²) in [6, 6.07) is 9.54.